The van der Waals surface area contributed by atoms with Gasteiger partial charge < -0.3 is 9.64 Å². The molecule has 144 valence electrons. The lowest BCUT2D eigenvalue weighted by Gasteiger charge is -2.31. The Kier molecular flexibility index (Phi) is 4.68. The number of rotatable bonds is 4. The van der Waals surface area contributed by atoms with Crippen LogP contribution in [0.1, 0.15) is 11.3 Å². The van der Waals surface area contributed by atoms with Gasteiger partial charge in [-0.15, -0.1) is 0 Å². The molecule has 4 rings (SSSR count). The van der Waals surface area contributed by atoms with Gasteiger partial charge in [0.25, 0.3) is 0 Å². The normalized spacial score (nSPS) is 13.9. The molecule has 0 saturated heterocycles. The standard InChI is InChI=1S/C19H19N5O3S/c1-27-19-15-12-24(13-4-6-14(7-5-13)28(2,25)26)11-8-16(15)22-18(23-19)17-20-9-3-10-21-17/h3-7,9-10H,8,11-12H2,1-2H3. The second kappa shape index (κ2) is 7.16. The maximum Gasteiger partial charge on any atom is 0.222 e. The van der Waals surface area contributed by atoms with Crippen molar-refractivity contribution in [2.24, 2.45) is 0 Å². The summed E-state index contributed by atoms with van der Waals surface area (Å²) in [6.07, 6.45) is 5.22. The third-order valence-corrected chi connectivity index (χ3v) is 5.74. The maximum atomic E-state index is 11.7. The van der Waals surface area contributed by atoms with Crippen LogP contribution in [0.15, 0.2) is 47.6 Å². The molecule has 1 aliphatic rings. The summed E-state index contributed by atoms with van der Waals surface area (Å²) in [5, 5.41) is 0. The number of aromatic nitrogens is 4. The van der Waals surface area contributed by atoms with Crippen LogP contribution < -0.4 is 9.64 Å². The van der Waals surface area contributed by atoms with E-state index in [2.05, 4.69) is 24.8 Å². The number of hydrogen-bond acceptors (Lipinski definition) is 8. The van der Waals surface area contributed by atoms with Gasteiger partial charge in [-0.3, -0.25) is 0 Å². The van der Waals surface area contributed by atoms with E-state index in [-0.39, 0.29) is 0 Å². The Morgan fingerprint density at radius 2 is 1.75 bits per heavy atom. The quantitative estimate of drug-likeness (QED) is 0.658. The lowest BCUT2D eigenvalue weighted by Crippen LogP contribution is -2.31. The molecule has 9 heteroatoms. The van der Waals surface area contributed by atoms with Crippen LogP contribution in [0.3, 0.4) is 0 Å². The lowest BCUT2D eigenvalue weighted by molar-refractivity contribution is 0.388. The first-order chi connectivity index (χ1) is 13.5. The Morgan fingerprint density at radius 3 is 2.39 bits per heavy atom. The number of fused-ring (bicyclic) bond motifs is 1. The SMILES string of the molecule is COc1nc(-c2ncccn2)nc2c1CN(c1ccc(S(C)(=O)=O)cc1)CC2. The van der Waals surface area contributed by atoms with Crippen molar-refractivity contribution in [1.29, 1.82) is 0 Å². The van der Waals surface area contributed by atoms with Crippen molar-refractivity contribution in [2.75, 3.05) is 24.8 Å². The number of nitrogens with zero attached hydrogens (tertiary/aromatic N) is 5. The number of methoxy groups -OCH3 is 1. The van der Waals surface area contributed by atoms with Gasteiger partial charge in [-0.05, 0) is 30.3 Å². The van der Waals surface area contributed by atoms with Gasteiger partial charge in [0, 0.05) is 37.3 Å². The summed E-state index contributed by atoms with van der Waals surface area (Å²) in [6.45, 7) is 1.33. The van der Waals surface area contributed by atoms with Crippen molar-refractivity contribution < 1.29 is 13.2 Å². The minimum Gasteiger partial charge on any atom is -0.481 e. The van der Waals surface area contributed by atoms with Crippen molar-refractivity contribution in [3.63, 3.8) is 0 Å². The third kappa shape index (κ3) is 3.53. The van der Waals surface area contributed by atoms with Gasteiger partial charge in [0.2, 0.25) is 11.7 Å². The van der Waals surface area contributed by atoms with E-state index in [9.17, 15) is 8.42 Å². The molecule has 0 atom stereocenters. The van der Waals surface area contributed by atoms with Crippen LogP contribution in [0.4, 0.5) is 5.69 Å². The molecule has 0 amide bonds. The molecular formula is C19H19N5O3S. The van der Waals surface area contributed by atoms with E-state index in [1.165, 1.54) is 6.26 Å². The van der Waals surface area contributed by atoms with E-state index in [4.69, 9.17) is 4.74 Å². The highest BCUT2D eigenvalue weighted by atomic mass is 32.2. The molecule has 0 aliphatic carbocycles. The maximum absolute atomic E-state index is 11.7. The van der Waals surface area contributed by atoms with Gasteiger partial charge in [0.15, 0.2) is 15.7 Å². The Balaban J connectivity index is 1.65. The average Bonchev–Trinajstić information content (AvgIpc) is 2.72. The fourth-order valence-electron chi connectivity index (χ4n) is 3.19. The van der Waals surface area contributed by atoms with Crippen LogP contribution in [-0.4, -0.2) is 48.3 Å². The molecule has 0 fully saturated rings. The van der Waals surface area contributed by atoms with Gasteiger partial charge in [0.1, 0.15) is 0 Å². The molecule has 1 aromatic carbocycles. The molecule has 1 aliphatic heterocycles. The van der Waals surface area contributed by atoms with Crippen molar-refractivity contribution in [3.8, 4) is 17.5 Å². The Bertz CT molecular complexity index is 1090. The molecule has 0 spiro atoms. The molecule has 28 heavy (non-hydrogen) atoms. The lowest BCUT2D eigenvalue weighted by atomic mass is 10.1. The van der Waals surface area contributed by atoms with E-state index in [1.54, 1.807) is 37.7 Å². The van der Waals surface area contributed by atoms with Gasteiger partial charge in [-0.1, -0.05) is 0 Å². The minimum atomic E-state index is -3.21. The fourth-order valence-corrected chi connectivity index (χ4v) is 3.82. The summed E-state index contributed by atoms with van der Waals surface area (Å²) in [4.78, 5) is 20.0. The second-order valence-electron chi connectivity index (χ2n) is 6.49. The summed E-state index contributed by atoms with van der Waals surface area (Å²) < 4.78 is 28.8. The van der Waals surface area contributed by atoms with Gasteiger partial charge in [-0.2, -0.15) is 4.98 Å². The zero-order valence-corrected chi connectivity index (χ0v) is 16.3. The highest BCUT2D eigenvalue weighted by Crippen LogP contribution is 2.30. The summed E-state index contributed by atoms with van der Waals surface area (Å²) >= 11 is 0. The second-order valence-corrected chi connectivity index (χ2v) is 8.51. The van der Waals surface area contributed by atoms with E-state index < -0.39 is 9.84 Å². The molecule has 0 unspecified atom stereocenters. The highest BCUT2D eigenvalue weighted by molar-refractivity contribution is 7.90. The van der Waals surface area contributed by atoms with Crippen molar-refractivity contribution in [2.45, 2.75) is 17.9 Å². The van der Waals surface area contributed by atoms with Gasteiger partial charge >= 0.3 is 0 Å². The van der Waals surface area contributed by atoms with Crippen LogP contribution in [-0.2, 0) is 22.8 Å². The van der Waals surface area contributed by atoms with E-state index in [0.29, 0.717) is 35.4 Å². The topological polar surface area (TPSA) is 98.2 Å². The molecule has 0 bridgehead atoms. The molecule has 3 aromatic rings. The summed E-state index contributed by atoms with van der Waals surface area (Å²) in [5.74, 6) is 1.41. The van der Waals surface area contributed by atoms with Crippen molar-refractivity contribution >= 4 is 15.5 Å². The number of benzene rings is 1. The summed E-state index contributed by atoms with van der Waals surface area (Å²) in [5.41, 5.74) is 2.77. The van der Waals surface area contributed by atoms with E-state index >= 15 is 0 Å². The highest BCUT2D eigenvalue weighted by Gasteiger charge is 2.24. The Morgan fingerprint density at radius 1 is 1.04 bits per heavy atom. The zero-order valence-electron chi connectivity index (χ0n) is 15.5. The average molecular weight is 397 g/mol. The number of hydrogen-bond donors (Lipinski definition) is 0. The number of sulfone groups is 1. The van der Waals surface area contributed by atoms with Crippen LogP contribution in [0.25, 0.3) is 11.6 Å². The molecule has 2 aromatic heterocycles. The van der Waals surface area contributed by atoms with Crippen LogP contribution in [0.5, 0.6) is 5.88 Å². The minimum absolute atomic E-state index is 0.307. The smallest absolute Gasteiger partial charge is 0.222 e. The molecule has 3 heterocycles. The largest absolute Gasteiger partial charge is 0.481 e. The van der Waals surface area contributed by atoms with Crippen LogP contribution in [0, 0.1) is 0 Å². The van der Waals surface area contributed by atoms with Crippen molar-refractivity contribution in [1.82, 2.24) is 19.9 Å². The zero-order chi connectivity index (χ0) is 19.7. The predicted molar refractivity (Wildman–Crippen MR) is 104 cm³/mol. The van der Waals surface area contributed by atoms with Gasteiger partial charge in [0.05, 0.1) is 29.8 Å². The Hall–Kier alpha value is -3.07. The molecule has 0 saturated carbocycles. The monoisotopic (exact) mass is 397 g/mol. The first-order valence-electron chi connectivity index (χ1n) is 8.72. The van der Waals surface area contributed by atoms with E-state index in [0.717, 1.165) is 23.5 Å². The van der Waals surface area contributed by atoms with Crippen LogP contribution >= 0.6 is 0 Å². The molecule has 0 N–H and O–H groups in total. The number of ether oxygens (including phenoxy) is 1. The number of anilines is 1. The molecule has 8 nitrogen and oxygen atoms in total. The van der Waals surface area contributed by atoms with Gasteiger partial charge in [-0.25, -0.2) is 23.4 Å². The van der Waals surface area contributed by atoms with Crippen LogP contribution in [0.2, 0.25) is 0 Å². The Labute approximate surface area is 163 Å². The first-order valence-corrected chi connectivity index (χ1v) is 10.6. The summed E-state index contributed by atoms with van der Waals surface area (Å²) in [6, 6.07) is 8.64. The first kappa shape index (κ1) is 18.3. The summed E-state index contributed by atoms with van der Waals surface area (Å²) in [7, 11) is -1.63. The van der Waals surface area contributed by atoms with E-state index in [1.807, 2.05) is 12.1 Å². The van der Waals surface area contributed by atoms with Crippen molar-refractivity contribution in [3.05, 3.63) is 54.0 Å². The molecule has 0 radical (unpaired) electrons. The predicted octanol–water partition coefficient (Wildman–Crippen LogP) is 1.91. The third-order valence-electron chi connectivity index (χ3n) is 4.61. The molecular weight excluding hydrogens is 378 g/mol. The fraction of sp³-hybridized carbons (Fsp3) is 0.263.